The van der Waals surface area contributed by atoms with Crippen LogP contribution in [0.1, 0.15) is 85.0 Å². The number of ether oxygens (including phenoxy) is 2. The van der Waals surface area contributed by atoms with Crippen LogP contribution in [0.3, 0.4) is 0 Å². The van der Waals surface area contributed by atoms with Gasteiger partial charge < -0.3 is 10.2 Å². The van der Waals surface area contributed by atoms with Crippen molar-refractivity contribution >= 4 is 0 Å². The Morgan fingerprint density at radius 3 is 2.59 bits per heavy atom. The molecule has 3 saturated carbocycles. The molecule has 4 aliphatic rings. The summed E-state index contributed by atoms with van der Waals surface area (Å²) in [5.74, 6) is 0.606. The van der Waals surface area contributed by atoms with Crippen molar-refractivity contribution in [2.45, 2.75) is 115 Å². The molecule has 11 atom stereocenters. The van der Waals surface area contributed by atoms with E-state index in [9.17, 15) is 25.5 Å². The molecular weight excluding hydrogens is 689 g/mol. The van der Waals surface area contributed by atoms with E-state index in [1.54, 1.807) is 0 Å². The van der Waals surface area contributed by atoms with E-state index in [0.717, 1.165) is 50.5 Å². The molecule has 8 nitrogen and oxygen atoms in total. The van der Waals surface area contributed by atoms with Crippen LogP contribution >= 0.6 is 0 Å². The van der Waals surface area contributed by atoms with E-state index >= 15 is 0 Å². The van der Waals surface area contributed by atoms with Crippen LogP contribution in [0.25, 0.3) is 0 Å². The fourth-order valence-electron chi connectivity index (χ4n) is 9.06. The van der Waals surface area contributed by atoms with Crippen LogP contribution in [0.15, 0.2) is 23.7 Å². The van der Waals surface area contributed by atoms with Gasteiger partial charge in [0, 0.05) is 6.61 Å². The molecule has 39 heavy (non-hydrogen) atoms. The molecule has 3 fully saturated rings. The standard InChI is InChI=1S/C30H50O8.Hg/c1-18(16-31)7-5-6-8-20-22(33)14-26-28(20,2)12-10-25-29(3)11-9-19(38-27(35)24(17-32)37-4)13-21(29)23(34)15-30(25,26)36;/h13,17-20,22-23,25-27,31-36H,5-12,14-16H2,1-4H3;/q;+1/p-1/b24-17+;. The monoisotopic (exact) mass is 739 g/mol. The van der Waals surface area contributed by atoms with Gasteiger partial charge in [0.1, 0.15) is 0 Å². The van der Waals surface area contributed by atoms with Crippen molar-refractivity contribution in [3.63, 3.8) is 0 Å². The van der Waals surface area contributed by atoms with E-state index in [-0.39, 0.29) is 80.1 Å². The number of methoxy groups -OCH3 is 1. The van der Waals surface area contributed by atoms with Gasteiger partial charge in [-0.2, -0.15) is 0 Å². The molecular formula is C30H49HgO8. The first-order chi connectivity index (χ1) is 18.4. The molecule has 5 N–H and O–H groups in total. The first-order valence-corrected chi connectivity index (χ1v) is 17.1. The summed E-state index contributed by atoms with van der Waals surface area (Å²) < 4.78 is 16.2. The molecule has 0 radical (unpaired) electrons. The van der Waals surface area contributed by atoms with E-state index in [1.807, 2.05) is 6.08 Å². The molecule has 0 aromatic heterocycles. The minimum absolute atomic E-state index is 0.00480. The predicted molar refractivity (Wildman–Crippen MR) is 141 cm³/mol. The summed E-state index contributed by atoms with van der Waals surface area (Å²) in [6.45, 7) is 6.72. The normalized spacial score (nSPS) is 43.6. The van der Waals surface area contributed by atoms with Crippen LogP contribution in [-0.4, -0.2) is 69.5 Å². The molecule has 0 bridgehead atoms. The summed E-state index contributed by atoms with van der Waals surface area (Å²) in [5, 5.41) is 55.0. The zero-order chi connectivity index (χ0) is 28.6. The summed E-state index contributed by atoms with van der Waals surface area (Å²) in [4.78, 5) is 0. The van der Waals surface area contributed by atoms with Gasteiger partial charge >= 0.3 is 165 Å². The number of hydrogen-bond acceptors (Lipinski definition) is 8. The van der Waals surface area contributed by atoms with Crippen LogP contribution in [0.5, 0.6) is 0 Å². The van der Waals surface area contributed by atoms with E-state index in [1.165, 1.54) is 13.4 Å². The molecule has 4 aliphatic carbocycles. The molecule has 0 heterocycles. The van der Waals surface area contributed by atoms with Crippen LogP contribution in [-0.2, 0) is 38.7 Å². The van der Waals surface area contributed by atoms with Crippen molar-refractivity contribution in [2.24, 2.45) is 34.5 Å². The molecule has 0 amide bonds. The van der Waals surface area contributed by atoms with Crippen molar-refractivity contribution in [3.8, 4) is 0 Å². The van der Waals surface area contributed by atoms with Gasteiger partial charge in [-0.05, 0) is 36.5 Å². The second-order valence-corrected chi connectivity index (χ2v) is 14.6. The summed E-state index contributed by atoms with van der Waals surface area (Å²) in [6.07, 6.45) is 8.54. The second kappa shape index (κ2) is 12.6. The van der Waals surface area contributed by atoms with Crippen molar-refractivity contribution in [1.82, 2.24) is 0 Å². The molecule has 0 spiro atoms. The maximum atomic E-state index is 12.5. The molecule has 11 unspecified atom stereocenters. The molecule has 0 aromatic rings. The van der Waals surface area contributed by atoms with Gasteiger partial charge in [-0.1, -0.05) is 26.7 Å². The SMILES string of the molecule is CO/C(=C/[O][Hg])C(O)OC1C=C2C(O)CC3(O)C(CCC4(C)C(CCCCC(C)CO)C(O)CC43)C2(C)CC1. The third-order valence-corrected chi connectivity index (χ3v) is 11.8. The summed E-state index contributed by atoms with van der Waals surface area (Å²) in [6, 6.07) is 0. The van der Waals surface area contributed by atoms with Crippen LogP contribution in [0.2, 0.25) is 0 Å². The van der Waals surface area contributed by atoms with E-state index in [4.69, 9.17) is 12.1 Å². The molecule has 4 rings (SSSR count). The van der Waals surface area contributed by atoms with Crippen LogP contribution < -0.4 is 0 Å². The number of aliphatic hydroxyl groups excluding tert-OH is 4. The van der Waals surface area contributed by atoms with Crippen molar-refractivity contribution < 1.29 is 64.2 Å². The Kier molecular flexibility index (Phi) is 10.2. The number of fused-ring (bicyclic) bond motifs is 5. The van der Waals surface area contributed by atoms with Gasteiger partial charge in [0.05, 0.1) is 6.10 Å². The second-order valence-electron chi connectivity index (χ2n) is 13.3. The van der Waals surface area contributed by atoms with E-state index in [2.05, 4.69) is 20.8 Å². The Morgan fingerprint density at radius 2 is 1.92 bits per heavy atom. The maximum absolute atomic E-state index is 12.5. The average molecular weight is 738 g/mol. The van der Waals surface area contributed by atoms with Crippen LogP contribution in [0, 0.1) is 34.5 Å². The predicted octanol–water partition coefficient (Wildman–Crippen LogP) is 3.48. The summed E-state index contributed by atoms with van der Waals surface area (Å²) in [7, 11) is 1.46. The fourth-order valence-corrected chi connectivity index (χ4v) is 9.70. The van der Waals surface area contributed by atoms with Gasteiger partial charge in [-0.15, -0.1) is 0 Å². The summed E-state index contributed by atoms with van der Waals surface area (Å²) >= 11 is 0.0737. The number of hydrogen-bond donors (Lipinski definition) is 5. The summed E-state index contributed by atoms with van der Waals surface area (Å²) in [5.41, 5.74) is -0.670. The van der Waals surface area contributed by atoms with Crippen molar-refractivity contribution in [2.75, 3.05) is 13.7 Å². The van der Waals surface area contributed by atoms with E-state index < -0.39 is 24.1 Å². The third kappa shape index (κ3) is 5.87. The molecule has 0 aromatic carbocycles. The van der Waals surface area contributed by atoms with E-state index in [0.29, 0.717) is 18.8 Å². The molecule has 9 heteroatoms. The zero-order valence-electron chi connectivity index (χ0n) is 24.2. The van der Waals surface area contributed by atoms with Crippen molar-refractivity contribution in [3.05, 3.63) is 23.7 Å². The Bertz CT molecular complexity index is 911. The first kappa shape index (κ1) is 31.7. The Hall–Kier alpha value is -0.225. The van der Waals surface area contributed by atoms with Gasteiger partial charge in [-0.25, -0.2) is 0 Å². The third-order valence-electron chi connectivity index (χ3n) is 11.1. The molecule has 0 aliphatic heterocycles. The Balaban J connectivity index is 1.51. The van der Waals surface area contributed by atoms with Crippen molar-refractivity contribution in [1.29, 1.82) is 0 Å². The number of aliphatic hydroxyl groups is 5. The average Bonchev–Trinajstić information content (AvgIpc) is 3.16. The minimum atomic E-state index is -1.25. The van der Waals surface area contributed by atoms with Gasteiger partial charge in [0.25, 0.3) is 0 Å². The topological polar surface area (TPSA) is 129 Å². The Morgan fingerprint density at radius 1 is 1.18 bits per heavy atom. The fraction of sp³-hybridized carbons (Fsp3) is 0.867. The zero-order valence-corrected chi connectivity index (χ0v) is 29.7. The first-order valence-electron chi connectivity index (χ1n) is 14.8. The number of rotatable bonds is 11. The molecule has 219 valence electrons. The molecule has 0 saturated heterocycles. The number of unbranched alkanes of at least 4 members (excludes halogenated alkanes) is 1. The quantitative estimate of drug-likeness (QED) is 0.0718. The van der Waals surface area contributed by atoms with Gasteiger partial charge in [0.15, 0.2) is 0 Å². The van der Waals surface area contributed by atoms with Crippen LogP contribution in [0.4, 0.5) is 0 Å². The Labute approximate surface area is 250 Å². The van der Waals surface area contributed by atoms with Gasteiger partial charge in [0.2, 0.25) is 0 Å². The van der Waals surface area contributed by atoms with Gasteiger partial charge in [-0.3, -0.25) is 0 Å².